The molecule has 0 bridgehead atoms. The molecule has 0 radical (unpaired) electrons. The van der Waals surface area contributed by atoms with Gasteiger partial charge in [-0.25, -0.2) is 4.98 Å². The predicted molar refractivity (Wildman–Crippen MR) is 126 cm³/mol. The van der Waals surface area contributed by atoms with Crippen molar-refractivity contribution in [2.45, 2.75) is 36.8 Å². The second kappa shape index (κ2) is 9.49. The number of thioether (sulfide) groups is 1. The van der Waals surface area contributed by atoms with Gasteiger partial charge in [-0.1, -0.05) is 79.2 Å². The second-order valence-electron chi connectivity index (χ2n) is 7.98. The number of carbonyl (C=O) groups is 1. The summed E-state index contributed by atoms with van der Waals surface area (Å²) in [6.07, 6.45) is 7.99. The molecule has 5 rings (SSSR count). The van der Waals surface area contributed by atoms with Gasteiger partial charge in [-0.15, -0.1) is 5.10 Å². The van der Waals surface area contributed by atoms with E-state index in [-0.39, 0.29) is 11.5 Å². The fraction of sp³-hybridized carbons (Fsp3) is 0.231. The van der Waals surface area contributed by atoms with Gasteiger partial charge in [-0.3, -0.25) is 4.79 Å². The third-order valence-corrected chi connectivity index (χ3v) is 6.71. The molecular formula is C26H23N3O2S. The zero-order chi connectivity index (χ0) is 21.8. The second-order valence-corrected chi connectivity index (χ2v) is 8.92. The molecule has 1 saturated carbocycles. The Labute approximate surface area is 191 Å². The fourth-order valence-corrected chi connectivity index (χ4v) is 4.84. The first-order chi connectivity index (χ1) is 15.8. The van der Waals surface area contributed by atoms with E-state index >= 15 is 0 Å². The lowest BCUT2D eigenvalue weighted by molar-refractivity contribution is 0.102. The van der Waals surface area contributed by atoms with Crippen molar-refractivity contribution >= 4 is 17.5 Å². The molecule has 0 saturated heterocycles. The molecule has 1 aliphatic rings. The quantitative estimate of drug-likeness (QED) is 0.243. The van der Waals surface area contributed by atoms with Crippen molar-refractivity contribution in [3.05, 3.63) is 84.4 Å². The number of carbonyl (C=O) groups excluding carboxylic acids is 1. The van der Waals surface area contributed by atoms with Crippen LogP contribution in [-0.2, 0) is 0 Å². The van der Waals surface area contributed by atoms with E-state index in [0.29, 0.717) is 16.6 Å². The molecule has 0 spiro atoms. The summed E-state index contributed by atoms with van der Waals surface area (Å²) in [7, 11) is 0. The minimum absolute atomic E-state index is 0.0444. The van der Waals surface area contributed by atoms with Crippen LogP contribution in [0.3, 0.4) is 0 Å². The first kappa shape index (κ1) is 20.6. The first-order valence-corrected chi connectivity index (χ1v) is 11.8. The Morgan fingerprint density at radius 1 is 0.906 bits per heavy atom. The normalized spacial score (nSPS) is 14.0. The van der Waals surface area contributed by atoms with E-state index in [1.54, 1.807) is 12.5 Å². The van der Waals surface area contributed by atoms with Crippen LogP contribution < -0.4 is 0 Å². The third kappa shape index (κ3) is 4.50. The van der Waals surface area contributed by atoms with Crippen LogP contribution in [-0.4, -0.2) is 26.7 Å². The summed E-state index contributed by atoms with van der Waals surface area (Å²) in [5.74, 6) is 0.701. The van der Waals surface area contributed by atoms with Gasteiger partial charge in [-0.2, -0.15) is 5.10 Å². The van der Waals surface area contributed by atoms with Crippen molar-refractivity contribution in [3.63, 3.8) is 0 Å². The molecule has 0 N–H and O–H groups in total. The topological polar surface area (TPSA) is 68.9 Å². The molecule has 1 fully saturated rings. The molecular weight excluding hydrogens is 418 g/mol. The smallest absolute Gasteiger partial charge is 0.210 e. The predicted octanol–water partition coefficient (Wildman–Crippen LogP) is 6.43. The Kier molecular flexibility index (Phi) is 6.12. The molecule has 0 aliphatic heterocycles. The number of aromatic nitrogens is 3. The highest BCUT2D eigenvalue weighted by atomic mass is 32.2. The molecule has 4 aromatic rings. The Hall–Kier alpha value is -3.25. The summed E-state index contributed by atoms with van der Waals surface area (Å²) < 4.78 is 5.27. The Balaban J connectivity index is 1.30. The lowest BCUT2D eigenvalue weighted by Gasteiger charge is -2.12. The number of nitrogens with zero attached hydrogens (tertiary/aromatic N) is 3. The molecule has 0 atom stereocenters. The van der Waals surface area contributed by atoms with Gasteiger partial charge in [0.2, 0.25) is 5.16 Å². The molecule has 6 heteroatoms. The van der Waals surface area contributed by atoms with Gasteiger partial charge in [0.15, 0.2) is 5.78 Å². The third-order valence-electron chi connectivity index (χ3n) is 5.88. The van der Waals surface area contributed by atoms with Gasteiger partial charge < -0.3 is 4.42 Å². The van der Waals surface area contributed by atoms with Crippen LogP contribution >= 0.6 is 11.8 Å². The van der Waals surface area contributed by atoms with Crippen molar-refractivity contribution in [2.24, 2.45) is 0 Å². The molecule has 160 valence electrons. The number of hydrogen-bond donors (Lipinski definition) is 0. The van der Waals surface area contributed by atoms with E-state index in [4.69, 9.17) is 9.40 Å². The summed E-state index contributed by atoms with van der Waals surface area (Å²) >= 11 is 1.32. The van der Waals surface area contributed by atoms with E-state index in [2.05, 4.69) is 22.3 Å². The SMILES string of the molecule is O=C(CSc1nnc(C2CCCC2)c(-c2ccoc2)n1)c1ccc(-c2ccccc2)cc1. The van der Waals surface area contributed by atoms with Gasteiger partial charge in [0.1, 0.15) is 5.69 Å². The van der Waals surface area contributed by atoms with E-state index in [1.165, 1.54) is 24.6 Å². The van der Waals surface area contributed by atoms with Gasteiger partial charge in [-0.05, 0) is 30.0 Å². The summed E-state index contributed by atoms with van der Waals surface area (Å²) in [6, 6.07) is 19.8. The monoisotopic (exact) mass is 441 g/mol. The van der Waals surface area contributed by atoms with Gasteiger partial charge in [0.25, 0.3) is 0 Å². The maximum Gasteiger partial charge on any atom is 0.210 e. The number of hydrogen-bond acceptors (Lipinski definition) is 6. The van der Waals surface area contributed by atoms with Crippen molar-refractivity contribution < 1.29 is 9.21 Å². The highest BCUT2D eigenvalue weighted by Crippen LogP contribution is 2.37. The van der Waals surface area contributed by atoms with Crippen LogP contribution in [0, 0.1) is 0 Å². The lowest BCUT2D eigenvalue weighted by atomic mass is 10.00. The highest BCUT2D eigenvalue weighted by molar-refractivity contribution is 7.99. The van der Waals surface area contributed by atoms with Crippen molar-refractivity contribution in [2.75, 3.05) is 5.75 Å². The zero-order valence-corrected chi connectivity index (χ0v) is 18.4. The molecule has 32 heavy (non-hydrogen) atoms. The Morgan fingerprint density at radius 3 is 2.38 bits per heavy atom. The summed E-state index contributed by atoms with van der Waals surface area (Å²) in [6.45, 7) is 0. The number of furan rings is 1. The molecule has 1 aliphatic carbocycles. The van der Waals surface area contributed by atoms with Crippen LogP contribution in [0.15, 0.2) is 82.8 Å². The fourth-order valence-electron chi connectivity index (χ4n) is 4.16. The van der Waals surface area contributed by atoms with Crippen LogP contribution in [0.2, 0.25) is 0 Å². The van der Waals surface area contributed by atoms with Gasteiger partial charge in [0, 0.05) is 17.0 Å². The lowest BCUT2D eigenvalue weighted by Crippen LogP contribution is -2.07. The highest BCUT2D eigenvalue weighted by Gasteiger charge is 2.24. The summed E-state index contributed by atoms with van der Waals surface area (Å²) in [5, 5.41) is 9.37. The van der Waals surface area contributed by atoms with Crippen LogP contribution in [0.25, 0.3) is 22.4 Å². The first-order valence-electron chi connectivity index (χ1n) is 10.9. The van der Waals surface area contributed by atoms with Gasteiger partial charge >= 0.3 is 0 Å². The van der Waals surface area contributed by atoms with Crippen LogP contribution in [0.5, 0.6) is 0 Å². The Bertz CT molecular complexity index is 1190. The molecule has 0 amide bonds. The molecule has 2 aromatic heterocycles. The summed E-state index contributed by atoms with van der Waals surface area (Å²) in [5.41, 5.74) is 5.58. The minimum atomic E-state index is 0.0444. The molecule has 5 nitrogen and oxygen atoms in total. The number of benzene rings is 2. The summed E-state index contributed by atoms with van der Waals surface area (Å²) in [4.78, 5) is 17.5. The number of rotatable bonds is 7. The van der Waals surface area contributed by atoms with Crippen molar-refractivity contribution in [1.82, 2.24) is 15.2 Å². The van der Waals surface area contributed by atoms with Crippen molar-refractivity contribution in [3.8, 4) is 22.4 Å². The van der Waals surface area contributed by atoms with Crippen LogP contribution in [0.1, 0.15) is 47.7 Å². The zero-order valence-electron chi connectivity index (χ0n) is 17.6. The largest absolute Gasteiger partial charge is 0.472 e. The van der Waals surface area contributed by atoms with Crippen LogP contribution in [0.4, 0.5) is 0 Å². The molecule has 0 unspecified atom stereocenters. The van der Waals surface area contributed by atoms with E-state index < -0.39 is 0 Å². The van der Waals surface area contributed by atoms with E-state index in [9.17, 15) is 4.79 Å². The average molecular weight is 442 g/mol. The average Bonchev–Trinajstić information content (AvgIpc) is 3.58. The van der Waals surface area contributed by atoms with Gasteiger partial charge in [0.05, 0.1) is 24.0 Å². The maximum absolute atomic E-state index is 12.7. The maximum atomic E-state index is 12.7. The Morgan fingerprint density at radius 2 is 1.66 bits per heavy atom. The minimum Gasteiger partial charge on any atom is -0.472 e. The number of ketones is 1. The van der Waals surface area contributed by atoms with E-state index in [0.717, 1.165) is 40.9 Å². The number of Topliss-reactive ketones (excluding diaryl/α,β-unsaturated/α-hetero) is 1. The van der Waals surface area contributed by atoms with Crippen molar-refractivity contribution in [1.29, 1.82) is 0 Å². The molecule has 2 aromatic carbocycles. The standard InChI is InChI=1S/C26H23N3O2S/c30-23(20-12-10-19(11-13-20)18-6-2-1-3-7-18)17-32-26-27-24(22-14-15-31-16-22)25(28-29-26)21-8-4-5-9-21/h1-3,6-7,10-16,21H,4-5,8-9,17H2. The van der Waals surface area contributed by atoms with E-state index in [1.807, 2.05) is 48.5 Å². The molecule has 2 heterocycles.